The maximum Gasteiger partial charge on any atom is 0.308 e. The van der Waals surface area contributed by atoms with Gasteiger partial charge in [-0.05, 0) is 55.8 Å². The lowest BCUT2D eigenvalue weighted by atomic mass is 9.90. The van der Waals surface area contributed by atoms with Gasteiger partial charge in [0.15, 0.2) is 0 Å². The van der Waals surface area contributed by atoms with Gasteiger partial charge in [-0.2, -0.15) is 0 Å². The molecule has 0 bridgehead atoms. The highest BCUT2D eigenvalue weighted by Gasteiger charge is 2.36. The number of halogens is 1. The molecule has 0 amide bonds. The molecule has 2 heterocycles. The van der Waals surface area contributed by atoms with Crippen molar-refractivity contribution in [3.05, 3.63) is 86.5 Å². The molecule has 1 atom stereocenters. The van der Waals surface area contributed by atoms with Gasteiger partial charge >= 0.3 is 4.87 Å². The molecule has 0 fully saturated rings. The highest BCUT2D eigenvalue weighted by Crippen LogP contribution is 2.42. The summed E-state index contributed by atoms with van der Waals surface area (Å²) in [5.41, 5.74) is 1.79. The molecule has 0 unspecified atom stereocenters. The standard InChI is InChI=1S/C26H25ClN2O5S2/c1-26(2)14-21(20-10-8-18(33-3)12-23(20)34-26)28-36(31,32)19-9-11-22-24(13-19)35-25(30)29(22)15-16-4-6-17(27)7-5-16/h4-13,21,28H,14-15H2,1-3H3/t21-/m1/s1. The molecular formula is C26H25ClN2O5S2. The Morgan fingerprint density at radius 2 is 1.89 bits per heavy atom. The average Bonchev–Trinajstić information content (AvgIpc) is 3.13. The number of ether oxygens (including phenoxy) is 2. The second-order valence-electron chi connectivity index (χ2n) is 9.35. The average molecular weight is 545 g/mol. The summed E-state index contributed by atoms with van der Waals surface area (Å²) in [6.07, 6.45) is 0.457. The predicted molar refractivity (Wildman–Crippen MR) is 142 cm³/mol. The normalized spacial score (nSPS) is 16.9. The van der Waals surface area contributed by atoms with Crippen molar-refractivity contribution < 1.29 is 17.9 Å². The lowest BCUT2D eigenvalue weighted by Crippen LogP contribution is -2.41. The molecule has 1 aliphatic rings. The molecule has 0 aliphatic carbocycles. The summed E-state index contributed by atoms with van der Waals surface area (Å²) < 4.78 is 43.3. The van der Waals surface area contributed by atoms with Gasteiger partial charge in [0.25, 0.3) is 0 Å². The minimum Gasteiger partial charge on any atom is -0.497 e. The fourth-order valence-electron chi connectivity index (χ4n) is 4.46. The van der Waals surface area contributed by atoms with Crippen LogP contribution in [0.25, 0.3) is 10.2 Å². The van der Waals surface area contributed by atoms with E-state index in [1.165, 1.54) is 6.07 Å². The maximum absolute atomic E-state index is 13.4. The largest absolute Gasteiger partial charge is 0.497 e. The second-order valence-corrected chi connectivity index (χ2v) is 12.5. The number of aromatic nitrogens is 1. The van der Waals surface area contributed by atoms with Gasteiger partial charge in [-0.15, -0.1) is 0 Å². The molecule has 7 nitrogen and oxygen atoms in total. The van der Waals surface area contributed by atoms with Crippen molar-refractivity contribution >= 4 is 43.2 Å². The summed E-state index contributed by atoms with van der Waals surface area (Å²) in [6.45, 7) is 4.21. The molecule has 36 heavy (non-hydrogen) atoms. The first-order valence-electron chi connectivity index (χ1n) is 11.3. The third kappa shape index (κ3) is 4.88. The van der Waals surface area contributed by atoms with Crippen LogP contribution < -0.4 is 19.1 Å². The lowest BCUT2D eigenvalue weighted by molar-refractivity contribution is 0.0699. The first kappa shape index (κ1) is 24.8. The second kappa shape index (κ2) is 9.23. The summed E-state index contributed by atoms with van der Waals surface area (Å²) in [5, 5.41) is 0.623. The van der Waals surface area contributed by atoms with E-state index < -0.39 is 21.7 Å². The quantitative estimate of drug-likeness (QED) is 0.353. The fourth-order valence-corrected chi connectivity index (χ4v) is 6.83. The zero-order valence-corrected chi connectivity index (χ0v) is 22.3. The molecule has 10 heteroatoms. The number of methoxy groups -OCH3 is 1. The first-order valence-corrected chi connectivity index (χ1v) is 14.0. The van der Waals surface area contributed by atoms with Gasteiger partial charge in [0.1, 0.15) is 17.1 Å². The maximum atomic E-state index is 13.4. The fraction of sp³-hybridized carbons (Fsp3) is 0.269. The number of rotatable bonds is 6. The Bertz CT molecular complexity index is 1610. The van der Waals surface area contributed by atoms with Gasteiger partial charge in [-0.1, -0.05) is 41.1 Å². The van der Waals surface area contributed by atoms with Crippen molar-refractivity contribution in [1.29, 1.82) is 0 Å². The van der Waals surface area contributed by atoms with Gasteiger partial charge in [-0.25, -0.2) is 13.1 Å². The zero-order valence-electron chi connectivity index (χ0n) is 19.9. The zero-order chi connectivity index (χ0) is 25.7. The summed E-state index contributed by atoms with van der Waals surface area (Å²) in [5.74, 6) is 1.22. The minimum absolute atomic E-state index is 0.106. The molecule has 0 radical (unpaired) electrons. The molecule has 1 aromatic heterocycles. The number of sulfonamides is 1. The summed E-state index contributed by atoms with van der Waals surface area (Å²) in [7, 11) is -2.31. The van der Waals surface area contributed by atoms with Crippen LogP contribution in [-0.4, -0.2) is 25.7 Å². The van der Waals surface area contributed by atoms with Crippen LogP contribution in [0.15, 0.2) is 70.4 Å². The van der Waals surface area contributed by atoms with E-state index in [0.29, 0.717) is 39.7 Å². The van der Waals surface area contributed by atoms with Crippen LogP contribution in [0.2, 0.25) is 5.02 Å². The Kier molecular flexibility index (Phi) is 6.36. The number of nitrogens with one attached hydrogen (secondary N) is 1. The van der Waals surface area contributed by atoms with E-state index in [1.54, 1.807) is 48.1 Å². The van der Waals surface area contributed by atoms with E-state index in [1.807, 2.05) is 32.0 Å². The van der Waals surface area contributed by atoms with E-state index in [9.17, 15) is 13.2 Å². The highest BCUT2D eigenvalue weighted by atomic mass is 35.5. The highest BCUT2D eigenvalue weighted by molar-refractivity contribution is 7.89. The molecule has 5 rings (SSSR count). The third-order valence-electron chi connectivity index (χ3n) is 6.18. The van der Waals surface area contributed by atoms with E-state index in [4.69, 9.17) is 21.1 Å². The number of hydrogen-bond acceptors (Lipinski definition) is 6. The van der Waals surface area contributed by atoms with Gasteiger partial charge in [-0.3, -0.25) is 9.36 Å². The van der Waals surface area contributed by atoms with Crippen molar-refractivity contribution in [1.82, 2.24) is 9.29 Å². The topological polar surface area (TPSA) is 86.6 Å². The molecule has 0 spiro atoms. The number of thiazole rings is 1. The molecule has 1 aliphatic heterocycles. The predicted octanol–water partition coefficient (Wildman–Crippen LogP) is 5.35. The minimum atomic E-state index is -3.88. The van der Waals surface area contributed by atoms with Crippen molar-refractivity contribution in [3.63, 3.8) is 0 Å². The molecule has 0 saturated carbocycles. The third-order valence-corrected chi connectivity index (χ3v) is 8.84. The van der Waals surface area contributed by atoms with E-state index in [0.717, 1.165) is 22.5 Å². The Morgan fingerprint density at radius 3 is 2.61 bits per heavy atom. The van der Waals surface area contributed by atoms with Crippen LogP contribution in [0.4, 0.5) is 0 Å². The van der Waals surface area contributed by atoms with Crippen LogP contribution in [0.5, 0.6) is 11.5 Å². The smallest absolute Gasteiger partial charge is 0.308 e. The number of fused-ring (bicyclic) bond motifs is 2. The van der Waals surface area contributed by atoms with Crippen molar-refractivity contribution in [2.24, 2.45) is 0 Å². The van der Waals surface area contributed by atoms with Crippen molar-refractivity contribution in [2.45, 2.75) is 43.4 Å². The molecule has 3 aromatic carbocycles. The summed E-state index contributed by atoms with van der Waals surface area (Å²) in [4.78, 5) is 12.7. The van der Waals surface area contributed by atoms with E-state index in [-0.39, 0.29) is 9.77 Å². The molecular weight excluding hydrogens is 520 g/mol. The van der Waals surface area contributed by atoms with E-state index >= 15 is 0 Å². The summed E-state index contributed by atoms with van der Waals surface area (Å²) >= 11 is 6.99. The first-order chi connectivity index (χ1) is 17.0. The number of hydrogen-bond donors (Lipinski definition) is 1. The van der Waals surface area contributed by atoms with Crippen LogP contribution in [0, 0.1) is 0 Å². The van der Waals surface area contributed by atoms with Gasteiger partial charge in [0.2, 0.25) is 10.0 Å². The Morgan fingerprint density at radius 1 is 1.14 bits per heavy atom. The SMILES string of the molecule is COc1ccc2c(c1)OC(C)(C)C[C@H]2NS(=O)(=O)c1ccc2c(c1)sc(=O)n2Cc1ccc(Cl)cc1. The Labute approximate surface area is 218 Å². The summed E-state index contributed by atoms with van der Waals surface area (Å²) in [6, 6.07) is 17.0. The monoisotopic (exact) mass is 544 g/mol. The molecule has 0 saturated heterocycles. The van der Waals surface area contributed by atoms with Crippen molar-refractivity contribution in [3.8, 4) is 11.5 Å². The van der Waals surface area contributed by atoms with E-state index in [2.05, 4.69) is 4.72 Å². The van der Waals surface area contributed by atoms with Crippen LogP contribution in [0.1, 0.15) is 37.4 Å². The van der Waals surface area contributed by atoms with Gasteiger partial charge in [0.05, 0.1) is 34.8 Å². The number of benzene rings is 3. The number of nitrogens with zero attached hydrogens (tertiary/aromatic N) is 1. The lowest BCUT2D eigenvalue weighted by Gasteiger charge is -2.37. The van der Waals surface area contributed by atoms with Crippen LogP contribution in [0.3, 0.4) is 0 Å². The molecule has 188 valence electrons. The molecule has 1 N–H and O–H groups in total. The van der Waals surface area contributed by atoms with Gasteiger partial charge in [0, 0.05) is 23.1 Å². The molecule has 4 aromatic rings. The Hall–Kier alpha value is -2.85. The van der Waals surface area contributed by atoms with Crippen molar-refractivity contribution in [2.75, 3.05) is 7.11 Å². The van der Waals surface area contributed by atoms with Crippen LogP contribution in [-0.2, 0) is 16.6 Å². The Balaban J connectivity index is 1.46. The van der Waals surface area contributed by atoms with Gasteiger partial charge < -0.3 is 9.47 Å². The van der Waals surface area contributed by atoms with Crippen LogP contribution >= 0.6 is 22.9 Å².